The molecule has 1 aliphatic carbocycles. The number of hydrogen-bond donors (Lipinski definition) is 1. The van der Waals surface area contributed by atoms with Crippen molar-refractivity contribution < 1.29 is 0 Å². The Balaban J connectivity index is 1.98. The van der Waals surface area contributed by atoms with E-state index in [1.807, 2.05) is 11.8 Å². The van der Waals surface area contributed by atoms with Crippen LogP contribution < -0.4 is 10.0 Å². The van der Waals surface area contributed by atoms with E-state index in [2.05, 4.69) is 35.2 Å². The van der Waals surface area contributed by atoms with Crippen LogP contribution >= 0.6 is 23.7 Å². The molecule has 0 fully saturated rings. The Morgan fingerprint density at radius 2 is 2.18 bits per heavy atom. The summed E-state index contributed by atoms with van der Waals surface area (Å²) in [5, 5.41) is 5.84. The molecule has 2 nitrogen and oxygen atoms in total. The van der Waals surface area contributed by atoms with Gasteiger partial charge in [0.05, 0.1) is 5.69 Å². The Labute approximate surface area is 111 Å². The molecule has 1 atom stereocenters. The fraction of sp³-hybridized carbons (Fsp3) is 0.385. The quantitative estimate of drug-likeness (QED) is 0.819. The van der Waals surface area contributed by atoms with Crippen molar-refractivity contribution in [2.75, 3.05) is 4.90 Å². The lowest BCUT2D eigenvalue weighted by Crippen LogP contribution is -2.28. The third-order valence-electron chi connectivity index (χ3n) is 3.26. The standard InChI is InChI=1S/C13H16N2S2/c14-17-13-15(10-6-2-1-3-7-10)11-8-4-5-9-12(11)16-13/h4-6,8-9,13H,1-3,7,14H2. The second-order valence-corrected chi connectivity index (χ2v) is 6.48. The number of allylic oxidation sites excluding steroid dienone is 2. The number of nitrogens with two attached hydrogens (primary N) is 1. The van der Waals surface area contributed by atoms with Gasteiger partial charge in [-0.2, -0.15) is 0 Å². The second-order valence-electron chi connectivity index (χ2n) is 4.34. The molecule has 0 saturated heterocycles. The van der Waals surface area contributed by atoms with Gasteiger partial charge in [0.15, 0.2) is 0 Å². The summed E-state index contributed by atoms with van der Waals surface area (Å²) in [7, 11) is 0. The third kappa shape index (κ3) is 2.09. The largest absolute Gasteiger partial charge is 0.321 e. The zero-order valence-corrected chi connectivity index (χ0v) is 11.3. The van der Waals surface area contributed by atoms with Crippen LogP contribution in [0.15, 0.2) is 40.9 Å². The first kappa shape index (κ1) is 11.5. The molecular weight excluding hydrogens is 248 g/mol. The highest BCUT2D eigenvalue weighted by Crippen LogP contribution is 2.49. The van der Waals surface area contributed by atoms with Crippen LogP contribution in [0.5, 0.6) is 0 Å². The molecule has 2 aliphatic rings. The lowest BCUT2D eigenvalue weighted by molar-refractivity contribution is 0.681. The molecule has 4 heteroatoms. The molecule has 0 spiro atoms. The first-order chi connectivity index (χ1) is 8.40. The molecule has 2 N–H and O–H groups in total. The van der Waals surface area contributed by atoms with E-state index in [-0.39, 0.29) is 0 Å². The first-order valence-electron chi connectivity index (χ1n) is 5.99. The minimum absolute atomic E-state index is 0.303. The van der Waals surface area contributed by atoms with Crippen LogP contribution in [0.2, 0.25) is 0 Å². The monoisotopic (exact) mass is 264 g/mol. The lowest BCUT2D eigenvalue weighted by Gasteiger charge is -2.29. The highest BCUT2D eigenvalue weighted by atomic mass is 32.2. The van der Waals surface area contributed by atoms with E-state index in [1.165, 1.54) is 53.9 Å². The summed E-state index contributed by atoms with van der Waals surface area (Å²) in [6.07, 6.45) is 7.41. The molecule has 0 radical (unpaired) electrons. The summed E-state index contributed by atoms with van der Waals surface area (Å²) in [6, 6.07) is 8.60. The number of anilines is 1. The van der Waals surface area contributed by atoms with E-state index in [9.17, 15) is 0 Å². The van der Waals surface area contributed by atoms with E-state index in [1.54, 1.807) is 0 Å². The van der Waals surface area contributed by atoms with Crippen molar-refractivity contribution in [3.05, 3.63) is 36.0 Å². The maximum Gasteiger partial charge on any atom is 0.144 e. The van der Waals surface area contributed by atoms with E-state index < -0.39 is 0 Å². The minimum atomic E-state index is 0.303. The molecule has 0 saturated carbocycles. The average Bonchev–Trinajstić information content (AvgIpc) is 2.78. The number of thioether (sulfide) groups is 1. The van der Waals surface area contributed by atoms with Crippen molar-refractivity contribution in [1.82, 2.24) is 0 Å². The summed E-state index contributed by atoms with van der Waals surface area (Å²) < 4.78 is 0.303. The molecule has 0 aromatic heterocycles. The molecule has 90 valence electrons. The second kappa shape index (κ2) is 4.96. The third-order valence-corrected chi connectivity index (χ3v) is 5.33. The number of rotatable bonds is 2. The highest BCUT2D eigenvalue weighted by molar-refractivity contribution is 8.16. The van der Waals surface area contributed by atoms with Crippen LogP contribution in [-0.4, -0.2) is 4.71 Å². The van der Waals surface area contributed by atoms with Crippen LogP contribution in [0.3, 0.4) is 0 Å². The van der Waals surface area contributed by atoms with Gasteiger partial charge in [0.1, 0.15) is 4.71 Å². The predicted octanol–water partition coefficient (Wildman–Crippen LogP) is 3.95. The van der Waals surface area contributed by atoms with E-state index in [0.717, 1.165) is 0 Å². The van der Waals surface area contributed by atoms with Gasteiger partial charge in [0, 0.05) is 10.6 Å². The zero-order chi connectivity index (χ0) is 11.7. The van der Waals surface area contributed by atoms with Crippen LogP contribution in [0.4, 0.5) is 5.69 Å². The SMILES string of the molecule is NSC1Sc2ccccc2N1C1=CCCCC1. The molecule has 1 aromatic carbocycles. The lowest BCUT2D eigenvalue weighted by atomic mass is 10.0. The molecule has 1 aromatic rings. The summed E-state index contributed by atoms with van der Waals surface area (Å²) >= 11 is 3.30. The van der Waals surface area contributed by atoms with Gasteiger partial charge in [0.25, 0.3) is 0 Å². The van der Waals surface area contributed by atoms with E-state index >= 15 is 0 Å². The number of nitrogens with zero attached hydrogens (tertiary/aromatic N) is 1. The summed E-state index contributed by atoms with van der Waals surface area (Å²) in [6.45, 7) is 0. The molecule has 1 heterocycles. The van der Waals surface area contributed by atoms with Crippen molar-refractivity contribution in [2.45, 2.75) is 35.3 Å². The van der Waals surface area contributed by atoms with Gasteiger partial charge in [-0.25, -0.2) is 0 Å². The predicted molar refractivity (Wildman–Crippen MR) is 76.9 cm³/mol. The molecule has 0 bridgehead atoms. The first-order valence-corrected chi connectivity index (χ1v) is 7.82. The van der Waals surface area contributed by atoms with Gasteiger partial charge in [-0.3, -0.25) is 5.14 Å². The van der Waals surface area contributed by atoms with Gasteiger partial charge in [0.2, 0.25) is 0 Å². The Bertz CT molecular complexity index is 445. The van der Waals surface area contributed by atoms with Crippen LogP contribution in [-0.2, 0) is 0 Å². The molecular formula is C13H16N2S2. The molecule has 1 aliphatic heterocycles. The Hall–Kier alpha value is -0.580. The van der Waals surface area contributed by atoms with Crippen molar-refractivity contribution in [2.24, 2.45) is 5.14 Å². The Morgan fingerprint density at radius 3 is 2.94 bits per heavy atom. The molecule has 0 amide bonds. The van der Waals surface area contributed by atoms with Crippen molar-refractivity contribution in [3.8, 4) is 0 Å². The number of fused-ring (bicyclic) bond motifs is 1. The summed E-state index contributed by atoms with van der Waals surface area (Å²) in [5.41, 5.74) is 2.78. The molecule has 17 heavy (non-hydrogen) atoms. The Kier molecular flexibility index (Phi) is 3.36. The number of hydrogen-bond acceptors (Lipinski definition) is 4. The summed E-state index contributed by atoms with van der Waals surface area (Å²) in [5.74, 6) is 0. The van der Waals surface area contributed by atoms with Gasteiger partial charge in [-0.05, 0) is 49.8 Å². The number of benzene rings is 1. The fourth-order valence-corrected chi connectivity index (χ4v) is 4.37. The minimum Gasteiger partial charge on any atom is -0.321 e. The van der Waals surface area contributed by atoms with Gasteiger partial charge < -0.3 is 4.90 Å². The van der Waals surface area contributed by atoms with E-state index in [0.29, 0.717) is 4.71 Å². The normalized spacial score (nSPS) is 23.5. The van der Waals surface area contributed by atoms with Crippen molar-refractivity contribution in [3.63, 3.8) is 0 Å². The smallest absolute Gasteiger partial charge is 0.144 e. The summed E-state index contributed by atoms with van der Waals surface area (Å²) in [4.78, 5) is 3.77. The number of para-hydroxylation sites is 1. The Morgan fingerprint density at radius 1 is 1.29 bits per heavy atom. The fourth-order valence-electron chi connectivity index (χ4n) is 2.45. The topological polar surface area (TPSA) is 29.3 Å². The van der Waals surface area contributed by atoms with Crippen LogP contribution in [0.1, 0.15) is 25.7 Å². The van der Waals surface area contributed by atoms with Gasteiger partial charge >= 0.3 is 0 Å². The van der Waals surface area contributed by atoms with E-state index in [4.69, 9.17) is 5.14 Å². The maximum atomic E-state index is 5.84. The molecule has 3 rings (SSSR count). The van der Waals surface area contributed by atoms with Crippen LogP contribution in [0, 0.1) is 0 Å². The van der Waals surface area contributed by atoms with Crippen molar-refractivity contribution >= 4 is 29.4 Å². The average molecular weight is 264 g/mol. The van der Waals surface area contributed by atoms with Crippen LogP contribution in [0.25, 0.3) is 0 Å². The molecule has 1 unspecified atom stereocenters. The maximum absolute atomic E-state index is 5.84. The highest BCUT2D eigenvalue weighted by Gasteiger charge is 2.32. The van der Waals surface area contributed by atoms with Gasteiger partial charge in [-0.15, -0.1) is 0 Å². The van der Waals surface area contributed by atoms with Gasteiger partial charge in [-0.1, -0.05) is 30.0 Å². The zero-order valence-electron chi connectivity index (χ0n) is 9.63. The van der Waals surface area contributed by atoms with Crippen molar-refractivity contribution in [1.29, 1.82) is 0 Å².